The molecule has 0 spiro atoms. The molecule has 98 valence electrons. The van der Waals surface area contributed by atoms with Gasteiger partial charge in [0.15, 0.2) is 5.78 Å². The van der Waals surface area contributed by atoms with Crippen molar-refractivity contribution in [2.24, 2.45) is 0 Å². The third-order valence-electron chi connectivity index (χ3n) is 3.10. The lowest BCUT2D eigenvalue weighted by Crippen LogP contribution is -2.02. The summed E-state index contributed by atoms with van der Waals surface area (Å²) in [5, 5.41) is 0.535. The van der Waals surface area contributed by atoms with Crippen LogP contribution in [0.1, 0.15) is 33.5 Å². The van der Waals surface area contributed by atoms with Crippen molar-refractivity contribution in [3.05, 3.63) is 69.7 Å². The Balaban J connectivity index is 2.07. The zero-order chi connectivity index (χ0) is 13.8. The Morgan fingerprint density at radius 2 is 1.68 bits per heavy atom. The summed E-state index contributed by atoms with van der Waals surface area (Å²) >= 11 is 6.03. The van der Waals surface area contributed by atoms with Gasteiger partial charge in [-0.1, -0.05) is 53.1 Å². The quantitative estimate of drug-likeness (QED) is 0.733. The van der Waals surface area contributed by atoms with Crippen LogP contribution in [0.2, 0.25) is 5.02 Å². The Labute approximate surface area is 119 Å². The minimum atomic E-state index is 0.102. The van der Waals surface area contributed by atoms with Crippen molar-refractivity contribution in [2.45, 2.75) is 26.7 Å². The second-order valence-electron chi connectivity index (χ2n) is 4.90. The van der Waals surface area contributed by atoms with Gasteiger partial charge in [-0.25, -0.2) is 0 Å². The second kappa shape index (κ2) is 6.03. The number of rotatable bonds is 4. The number of aryl methyl sites for hydroxylation is 3. The number of Topliss-reactive ketones (excluding diaryl/α,β-unsaturated/α-hetero) is 1. The van der Waals surface area contributed by atoms with Crippen LogP contribution < -0.4 is 0 Å². The lowest BCUT2D eigenvalue weighted by Gasteiger charge is -2.06. The average Bonchev–Trinajstić information content (AvgIpc) is 2.35. The topological polar surface area (TPSA) is 17.1 Å². The highest BCUT2D eigenvalue weighted by atomic mass is 35.5. The van der Waals surface area contributed by atoms with Crippen molar-refractivity contribution in [3.8, 4) is 0 Å². The highest BCUT2D eigenvalue weighted by molar-refractivity contribution is 6.33. The zero-order valence-corrected chi connectivity index (χ0v) is 12.0. The number of halogens is 1. The molecule has 1 nitrogen and oxygen atoms in total. The van der Waals surface area contributed by atoms with E-state index in [1.807, 2.05) is 12.1 Å². The maximum atomic E-state index is 12.1. The number of hydrogen-bond donors (Lipinski definition) is 0. The van der Waals surface area contributed by atoms with Crippen molar-refractivity contribution in [1.29, 1.82) is 0 Å². The first-order chi connectivity index (χ1) is 9.06. The molecule has 0 bridgehead atoms. The van der Waals surface area contributed by atoms with E-state index in [0.717, 1.165) is 6.42 Å². The summed E-state index contributed by atoms with van der Waals surface area (Å²) < 4.78 is 0. The molecule has 0 aliphatic rings. The Morgan fingerprint density at radius 3 is 2.32 bits per heavy atom. The maximum absolute atomic E-state index is 12.1. The first-order valence-corrected chi connectivity index (χ1v) is 6.79. The highest BCUT2D eigenvalue weighted by Gasteiger charge is 2.09. The van der Waals surface area contributed by atoms with E-state index in [2.05, 4.69) is 32.0 Å². The lowest BCUT2D eigenvalue weighted by atomic mass is 10.00. The molecule has 0 unspecified atom stereocenters. The van der Waals surface area contributed by atoms with E-state index in [4.69, 9.17) is 11.6 Å². The van der Waals surface area contributed by atoms with Crippen LogP contribution in [0.25, 0.3) is 0 Å². The first-order valence-electron chi connectivity index (χ1n) is 6.41. The summed E-state index contributed by atoms with van der Waals surface area (Å²) in [6, 6.07) is 13.6. The predicted octanol–water partition coefficient (Wildman–Crippen LogP) is 4.77. The van der Waals surface area contributed by atoms with Crippen LogP contribution >= 0.6 is 11.6 Å². The smallest absolute Gasteiger partial charge is 0.164 e. The van der Waals surface area contributed by atoms with Crippen molar-refractivity contribution >= 4 is 17.4 Å². The normalized spacial score (nSPS) is 10.5. The van der Waals surface area contributed by atoms with Crippen LogP contribution in [0.15, 0.2) is 42.5 Å². The fourth-order valence-electron chi connectivity index (χ4n) is 2.29. The summed E-state index contributed by atoms with van der Waals surface area (Å²) in [5.74, 6) is 0.102. The van der Waals surface area contributed by atoms with Crippen LogP contribution in [-0.2, 0) is 6.42 Å². The van der Waals surface area contributed by atoms with E-state index in [1.54, 1.807) is 12.1 Å². The molecule has 2 heteroatoms. The Kier molecular flexibility index (Phi) is 4.39. The molecule has 0 amide bonds. The minimum absolute atomic E-state index is 0.102. The fourth-order valence-corrected chi connectivity index (χ4v) is 2.53. The molecule has 0 heterocycles. The molecular weight excluding hydrogens is 256 g/mol. The van der Waals surface area contributed by atoms with E-state index in [1.165, 1.54) is 16.7 Å². The molecule has 0 aromatic heterocycles. The molecule has 0 saturated carbocycles. The molecule has 0 N–H and O–H groups in total. The zero-order valence-electron chi connectivity index (χ0n) is 11.2. The van der Waals surface area contributed by atoms with Crippen LogP contribution in [0.5, 0.6) is 0 Å². The van der Waals surface area contributed by atoms with Gasteiger partial charge >= 0.3 is 0 Å². The molecule has 0 fully saturated rings. The third kappa shape index (κ3) is 3.68. The molecule has 0 aliphatic carbocycles. The third-order valence-corrected chi connectivity index (χ3v) is 3.43. The van der Waals surface area contributed by atoms with Gasteiger partial charge in [-0.15, -0.1) is 0 Å². The van der Waals surface area contributed by atoms with Gasteiger partial charge in [-0.3, -0.25) is 4.79 Å². The average molecular weight is 273 g/mol. The van der Waals surface area contributed by atoms with Gasteiger partial charge in [-0.2, -0.15) is 0 Å². The standard InChI is InChI=1S/C17H17ClO/c1-12-9-13(2)11-14(10-12)7-8-17(19)15-5-3-4-6-16(15)18/h3-6,9-11H,7-8H2,1-2H3. The number of carbonyl (C=O) groups is 1. The number of benzene rings is 2. The van der Waals surface area contributed by atoms with Gasteiger partial charge in [-0.05, 0) is 38.0 Å². The lowest BCUT2D eigenvalue weighted by molar-refractivity contribution is 0.0983. The van der Waals surface area contributed by atoms with Crippen molar-refractivity contribution < 1.29 is 4.79 Å². The molecule has 0 atom stereocenters. The molecule has 2 aromatic rings. The Morgan fingerprint density at radius 1 is 1.05 bits per heavy atom. The van der Waals surface area contributed by atoms with Crippen LogP contribution in [0.4, 0.5) is 0 Å². The predicted molar refractivity (Wildman–Crippen MR) is 80.0 cm³/mol. The van der Waals surface area contributed by atoms with E-state index in [9.17, 15) is 4.79 Å². The van der Waals surface area contributed by atoms with Gasteiger partial charge in [0.25, 0.3) is 0 Å². The minimum Gasteiger partial charge on any atom is -0.294 e. The van der Waals surface area contributed by atoms with Gasteiger partial charge in [0, 0.05) is 12.0 Å². The van der Waals surface area contributed by atoms with E-state index < -0.39 is 0 Å². The number of ketones is 1. The van der Waals surface area contributed by atoms with Gasteiger partial charge in [0.05, 0.1) is 5.02 Å². The van der Waals surface area contributed by atoms with Crippen LogP contribution in [0, 0.1) is 13.8 Å². The van der Waals surface area contributed by atoms with Crippen LogP contribution in [-0.4, -0.2) is 5.78 Å². The van der Waals surface area contributed by atoms with E-state index >= 15 is 0 Å². The second-order valence-corrected chi connectivity index (χ2v) is 5.31. The summed E-state index contributed by atoms with van der Waals surface area (Å²) in [7, 11) is 0. The Bertz CT molecular complexity index is 582. The summed E-state index contributed by atoms with van der Waals surface area (Å²) in [6.45, 7) is 4.15. The molecule has 0 radical (unpaired) electrons. The van der Waals surface area contributed by atoms with Crippen molar-refractivity contribution in [3.63, 3.8) is 0 Å². The molecule has 0 saturated heterocycles. The monoisotopic (exact) mass is 272 g/mol. The highest BCUT2D eigenvalue weighted by Crippen LogP contribution is 2.18. The number of carbonyl (C=O) groups excluding carboxylic acids is 1. The van der Waals surface area contributed by atoms with Gasteiger partial charge in [0.1, 0.15) is 0 Å². The first kappa shape index (κ1) is 13.8. The summed E-state index contributed by atoms with van der Waals surface area (Å²) in [4.78, 5) is 12.1. The van der Waals surface area contributed by atoms with Gasteiger partial charge in [0.2, 0.25) is 0 Å². The molecule has 19 heavy (non-hydrogen) atoms. The molecule has 2 aromatic carbocycles. The maximum Gasteiger partial charge on any atom is 0.164 e. The van der Waals surface area contributed by atoms with Crippen molar-refractivity contribution in [2.75, 3.05) is 0 Å². The van der Waals surface area contributed by atoms with E-state index in [0.29, 0.717) is 17.0 Å². The summed E-state index contributed by atoms with van der Waals surface area (Å²) in [5.41, 5.74) is 4.30. The largest absolute Gasteiger partial charge is 0.294 e. The SMILES string of the molecule is Cc1cc(C)cc(CCC(=O)c2ccccc2Cl)c1. The molecular formula is C17H17ClO. The fraction of sp³-hybridized carbons (Fsp3) is 0.235. The number of hydrogen-bond acceptors (Lipinski definition) is 1. The molecule has 0 aliphatic heterocycles. The van der Waals surface area contributed by atoms with Crippen molar-refractivity contribution in [1.82, 2.24) is 0 Å². The van der Waals surface area contributed by atoms with Gasteiger partial charge < -0.3 is 0 Å². The molecule has 2 rings (SSSR count). The Hall–Kier alpha value is -1.60. The van der Waals surface area contributed by atoms with Crippen LogP contribution in [0.3, 0.4) is 0 Å². The summed E-state index contributed by atoms with van der Waals surface area (Å²) in [6.07, 6.45) is 1.25. The van der Waals surface area contributed by atoms with E-state index in [-0.39, 0.29) is 5.78 Å².